The SMILES string of the molecule is CCCCCCCCC(=O)C(=NOCc1ccccc1)C(=O)CCCCCCCC. The van der Waals surface area contributed by atoms with E-state index >= 15 is 0 Å². The van der Waals surface area contributed by atoms with Crippen LogP contribution in [0, 0.1) is 0 Å². The van der Waals surface area contributed by atoms with Gasteiger partial charge in [-0.15, -0.1) is 0 Å². The summed E-state index contributed by atoms with van der Waals surface area (Å²) in [6.07, 6.45) is 14.0. The maximum Gasteiger partial charge on any atom is 0.188 e. The number of carbonyl (C=O) groups excluding carboxylic acids is 2. The zero-order valence-corrected chi connectivity index (χ0v) is 19.2. The molecule has 0 fully saturated rings. The number of ketones is 2. The summed E-state index contributed by atoms with van der Waals surface area (Å²) in [6.45, 7) is 4.65. The molecule has 0 aliphatic carbocycles. The van der Waals surface area contributed by atoms with Crippen molar-refractivity contribution in [1.82, 2.24) is 0 Å². The molecule has 0 heterocycles. The molecule has 0 aromatic heterocycles. The first-order valence-electron chi connectivity index (χ1n) is 12.0. The topological polar surface area (TPSA) is 55.7 Å². The van der Waals surface area contributed by atoms with Gasteiger partial charge in [-0.1, -0.05) is 114 Å². The molecule has 0 bridgehead atoms. The molecule has 0 atom stereocenters. The van der Waals surface area contributed by atoms with Crippen LogP contribution >= 0.6 is 0 Å². The smallest absolute Gasteiger partial charge is 0.188 e. The van der Waals surface area contributed by atoms with Gasteiger partial charge in [0.25, 0.3) is 0 Å². The van der Waals surface area contributed by atoms with Crippen LogP contribution in [0.5, 0.6) is 0 Å². The summed E-state index contributed by atoms with van der Waals surface area (Å²) >= 11 is 0. The standard InChI is InChI=1S/C26H41NO3/c1-3-5-7-9-11-16-20-24(28)26(25(29)21-17-12-10-8-6-4-2)27-30-22-23-18-14-13-15-19-23/h13-15,18-19H,3-12,16-17,20-22H2,1-2H3. The minimum absolute atomic E-state index is 0.00745. The van der Waals surface area contributed by atoms with Crippen molar-refractivity contribution in [2.75, 3.05) is 0 Å². The molecule has 30 heavy (non-hydrogen) atoms. The Morgan fingerprint density at radius 2 is 1.17 bits per heavy atom. The first-order chi connectivity index (χ1) is 14.7. The molecule has 0 aliphatic rings. The fourth-order valence-electron chi connectivity index (χ4n) is 3.37. The second-order valence-corrected chi connectivity index (χ2v) is 8.08. The van der Waals surface area contributed by atoms with E-state index in [1.807, 2.05) is 30.3 Å². The van der Waals surface area contributed by atoms with Crippen molar-refractivity contribution in [2.45, 2.75) is 110 Å². The highest BCUT2D eigenvalue weighted by Crippen LogP contribution is 2.11. The summed E-state index contributed by atoms with van der Waals surface area (Å²) in [7, 11) is 0. The Labute approximate surface area is 183 Å². The van der Waals surface area contributed by atoms with Crippen molar-refractivity contribution in [3.8, 4) is 0 Å². The third kappa shape index (κ3) is 12.6. The van der Waals surface area contributed by atoms with Gasteiger partial charge in [-0.25, -0.2) is 0 Å². The van der Waals surface area contributed by atoms with Crippen LogP contribution in [0.3, 0.4) is 0 Å². The summed E-state index contributed by atoms with van der Waals surface area (Å²) in [6, 6.07) is 9.66. The molecule has 0 amide bonds. The number of Topliss-reactive ketones (excluding diaryl/α,β-unsaturated/α-hetero) is 2. The monoisotopic (exact) mass is 415 g/mol. The lowest BCUT2D eigenvalue weighted by molar-refractivity contribution is -0.117. The van der Waals surface area contributed by atoms with Crippen molar-refractivity contribution < 1.29 is 14.4 Å². The first kappa shape index (κ1) is 26.1. The van der Waals surface area contributed by atoms with Gasteiger partial charge >= 0.3 is 0 Å². The summed E-state index contributed by atoms with van der Waals surface area (Å²) in [4.78, 5) is 30.7. The molecule has 1 aromatic carbocycles. The fraction of sp³-hybridized carbons (Fsp3) is 0.654. The molecule has 0 spiro atoms. The van der Waals surface area contributed by atoms with E-state index in [1.54, 1.807) is 0 Å². The van der Waals surface area contributed by atoms with Crippen LogP contribution in [0.1, 0.15) is 109 Å². The Morgan fingerprint density at radius 1 is 0.700 bits per heavy atom. The van der Waals surface area contributed by atoms with E-state index in [9.17, 15) is 9.59 Å². The van der Waals surface area contributed by atoms with Crippen molar-refractivity contribution in [1.29, 1.82) is 0 Å². The second kappa shape index (κ2) is 17.9. The van der Waals surface area contributed by atoms with E-state index in [-0.39, 0.29) is 23.9 Å². The average molecular weight is 416 g/mol. The number of oxime groups is 1. The van der Waals surface area contributed by atoms with Gasteiger partial charge in [0.2, 0.25) is 0 Å². The maximum absolute atomic E-state index is 12.7. The lowest BCUT2D eigenvalue weighted by Crippen LogP contribution is -2.24. The lowest BCUT2D eigenvalue weighted by Gasteiger charge is -2.07. The van der Waals surface area contributed by atoms with Crippen molar-refractivity contribution in [3.05, 3.63) is 35.9 Å². The van der Waals surface area contributed by atoms with Crippen molar-refractivity contribution in [3.63, 3.8) is 0 Å². The molecule has 0 radical (unpaired) electrons. The zero-order chi connectivity index (χ0) is 21.9. The number of hydrogen-bond acceptors (Lipinski definition) is 4. The van der Waals surface area contributed by atoms with E-state index in [2.05, 4.69) is 19.0 Å². The van der Waals surface area contributed by atoms with Gasteiger partial charge in [0, 0.05) is 12.8 Å². The molecular formula is C26H41NO3. The first-order valence-corrected chi connectivity index (χ1v) is 12.0. The minimum atomic E-state index is -0.172. The summed E-state index contributed by atoms with van der Waals surface area (Å²) < 4.78 is 0. The Bertz CT molecular complexity index is 580. The lowest BCUT2D eigenvalue weighted by atomic mass is 10.0. The van der Waals surface area contributed by atoms with Crippen LogP contribution in [0.4, 0.5) is 0 Å². The number of benzene rings is 1. The van der Waals surface area contributed by atoms with Crippen LogP contribution in [-0.2, 0) is 21.0 Å². The third-order valence-corrected chi connectivity index (χ3v) is 5.27. The normalized spacial score (nSPS) is 10.6. The molecule has 0 unspecified atom stereocenters. The van der Waals surface area contributed by atoms with Gasteiger partial charge in [0.05, 0.1) is 0 Å². The van der Waals surface area contributed by atoms with Crippen LogP contribution < -0.4 is 0 Å². The van der Waals surface area contributed by atoms with Gasteiger partial charge in [-0.3, -0.25) is 9.59 Å². The number of nitrogens with zero attached hydrogens (tertiary/aromatic N) is 1. The van der Waals surface area contributed by atoms with Crippen LogP contribution in [0.25, 0.3) is 0 Å². The molecular weight excluding hydrogens is 374 g/mol. The number of carbonyl (C=O) groups is 2. The molecule has 0 aliphatic heterocycles. The summed E-state index contributed by atoms with van der Waals surface area (Å²) in [5.41, 5.74) is 0.973. The van der Waals surface area contributed by atoms with E-state index in [1.165, 1.54) is 38.5 Å². The number of hydrogen-bond donors (Lipinski definition) is 0. The molecule has 1 aromatic rings. The molecule has 168 valence electrons. The molecule has 1 rings (SSSR count). The Kier molecular flexibility index (Phi) is 15.5. The zero-order valence-electron chi connectivity index (χ0n) is 19.2. The molecule has 4 heteroatoms. The van der Waals surface area contributed by atoms with Gasteiger partial charge in [-0.2, -0.15) is 0 Å². The highest BCUT2D eigenvalue weighted by Gasteiger charge is 2.20. The van der Waals surface area contributed by atoms with Crippen molar-refractivity contribution >= 4 is 17.3 Å². The van der Waals surface area contributed by atoms with Gasteiger partial charge in [0.15, 0.2) is 17.3 Å². The van der Waals surface area contributed by atoms with E-state index < -0.39 is 0 Å². The molecule has 0 saturated carbocycles. The van der Waals surface area contributed by atoms with Gasteiger partial charge in [-0.05, 0) is 18.4 Å². The fourth-order valence-corrected chi connectivity index (χ4v) is 3.37. The van der Waals surface area contributed by atoms with Crippen LogP contribution in [0.15, 0.2) is 35.5 Å². The highest BCUT2D eigenvalue weighted by molar-refractivity contribution is 6.66. The molecule has 0 saturated heterocycles. The van der Waals surface area contributed by atoms with Crippen molar-refractivity contribution in [2.24, 2.45) is 5.16 Å². The van der Waals surface area contributed by atoms with E-state index in [0.29, 0.717) is 12.8 Å². The number of unbranched alkanes of at least 4 members (excludes halogenated alkanes) is 10. The average Bonchev–Trinajstić information content (AvgIpc) is 2.76. The Morgan fingerprint density at radius 3 is 1.67 bits per heavy atom. The maximum atomic E-state index is 12.7. The van der Waals surface area contributed by atoms with Crippen LogP contribution in [0.2, 0.25) is 0 Å². The predicted octanol–water partition coefficient (Wildman–Crippen LogP) is 7.20. The van der Waals surface area contributed by atoms with Gasteiger partial charge in [0.1, 0.15) is 6.61 Å². The predicted molar refractivity (Wildman–Crippen MR) is 125 cm³/mol. The Hall–Kier alpha value is -1.97. The van der Waals surface area contributed by atoms with E-state index in [4.69, 9.17) is 4.84 Å². The Balaban J connectivity index is 2.52. The van der Waals surface area contributed by atoms with E-state index in [0.717, 1.165) is 44.1 Å². The van der Waals surface area contributed by atoms with Gasteiger partial charge < -0.3 is 4.84 Å². The summed E-state index contributed by atoms with van der Waals surface area (Å²) in [5, 5.41) is 3.99. The second-order valence-electron chi connectivity index (χ2n) is 8.08. The third-order valence-electron chi connectivity index (χ3n) is 5.27. The number of rotatable bonds is 19. The minimum Gasteiger partial charge on any atom is -0.390 e. The highest BCUT2D eigenvalue weighted by atomic mass is 16.6. The largest absolute Gasteiger partial charge is 0.390 e. The molecule has 4 nitrogen and oxygen atoms in total. The molecule has 0 N–H and O–H groups in total. The quantitative estimate of drug-likeness (QED) is 0.104. The summed E-state index contributed by atoms with van der Waals surface area (Å²) in [5.74, 6) is -0.343. The van der Waals surface area contributed by atoms with Crippen LogP contribution in [-0.4, -0.2) is 17.3 Å².